The molecule has 0 aromatic carbocycles. The Hall–Kier alpha value is -1.50. The molecular weight excluding hydrogens is 244 g/mol. The third-order valence-corrected chi connectivity index (χ3v) is 3.23. The zero-order valence-corrected chi connectivity index (χ0v) is 10.4. The summed E-state index contributed by atoms with van der Waals surface area (Å²) in [7, 11) is 0. The number of carboxylic acid groups (broad SMARTS) is 1. The Balaban J connectivity index is 2.44. The predicted octanol–water partition coefficient (Wildman–Crippen LogP) is 1.24. The zero-order valence-electron chi connectivity index (χ0n) is 9.60. The van der Waals surface area contributed by atoms with Crippen LogP contribution < -0.4 is 5.32 Å². The van der Waals surface area contributed by atoms with Crippen molar-refractivity contribution in [3.05, 3.63) is 17.5 Å². The van der Waals surface area contributed by atoms with Crippen LogP contribution in [0.5, 0.6) is 0 Å². The normalized spacial score (nSPS) is 12.1. The third kappa shape index (κ3) is 4.10. The topological polar surface area (TPSA) is 92.4 Å². The van der Waals surface area contributed by atoms with Crippen LogP contribution in [-0.2, 0) is 0 Å². The number of hydrogen-bond acceptors (Lipinski definition) is 5. The van der Waals surface area contributed by atoms with Gasteiger partial charge in [0.25, 0.3) is 5.91 Å². The van der Waals surface area contributed by atoms with Gasteiger partial charge in [-0.05, 0) is 12.7 Å². The van der Waals surface area contributed by atoms with E-state index in [1.807, 2.05) is 6.26 Å². The molecule has 0 aliphatic carbocycles. The first-order chi connectivity index (χ1) is 8.04. The maximum absolute atomic E-state index is 11.5. The summed E-state index contributed by atoms with van der Waals surface area (Å²) in [6, 6.07) is 1.11. The molecular formula is C10H14N2O4S. The fraction of sp³-hybridized carbons (Fsp3) is 0.500. The largest absolute Gasteiger partial charge is 0.475 e. The first-order valence-corrected chi connectivity index (χ1v) is 6.34. The number of carboxylic acids is 1. The van der Waals surface area contributed by atoms with Crippen molar-refractivity contribution >= 4 is 23.6 Å². The minimum absolute atomic E-state index is 0.0146. The molecule has 7 heteroatoms. The van der Waals surface area contributed by atoms with E-state index < -0.39 is 11.9 Å². The number of aromatic nitrogens is 1. The lowest BCUT2D eigenvalue weighted by atomic mass is 10.3. The van der Waals surface area contributed by atoms with Crippen LogP contribution in [0.15, 0.2) is 10.6 Å². The molecule has 0 saturated heterocycles. The van der Waals surface area contributed by atoms with Gasteiger partial charge in [0.1, 0.15) is 0 Å². The van der Waals surface area contributed by atoms with E-state index in [0.29, 0.717) is 11.8 Å². The van der Waals surface area contributed by atoms with E-state index in [1.165, 1.54) is 0 Å². The average molecular weight is 258 g/mol. The van der Waals surface area contributed by atoms with Crippen molar-refractivity contribution in [2.24, 2.45) is 0 Å². The Morgan fingerprint density at radius 3 is 2.88 bits per heavy atom. The summed E-state index contributed by atoms with van der Waals surface area (Å²) in [5, 5.41) is 15.1. The van der Waals surface area contributed by atoms with Crippen molar-refractivity contribution in [2.45, 2.75) is 18.6 Å². The molecule has 0 saturated carbocycles. The fourth-order valence-corrected chi connectivity index (χ4v) is 1.43. The highest BCUT2D eigenvalue weighted by atomic mass is 32.2. The van der Waals surface area contributed by atoms with E-state index in [2.05, 4.69) is 21.9 Å². The van der Waals surface area contributed by atoms with Crippen LogP contribution in [0, 0.1) is 0 Å². The molecule has 1 unspecified atom stereocenters. The highest BCUT2D eigenvalue weighted by Crippen LogP contribution is 2.08. The van der Waals surface area contributed by atoms with Crippen LogP contribution >= 0.6 is 11.8 Å². The first-order valence-electron chi connectivity index (χ1n) is 5.05. The molecule has 1 rings (SSSR count). The van der Waals surface area contributed by atoms with Crippen LogP contribution in [0.25, 0.3) is 0 Å². The van der Waals surface area contributed by atoms with Gasteiger partial charge in [0.05, 0.1) is 0 Å². The molecule has 6 nitrogen and oxygen atoms in total. The van der Waals surface area contributed by atoms with Crippen molar-refractivity contribution < 1.29 is 19.2 Å². The lowest BCUT2D eigenvalue weighted by molar-refractivity contribution is 0.0651. The molecule has 1 atom stereocenters. The number of nitrogens with one attached hydrogen (secondary N) is 1. The molecule has 0 radical (unpaired) electrons. The fourth-order valence-electron chi connectivity index (χ4n) is 1.08. The Kier molecular flexibility index (Phi) is 5.02. The van der Waals surface area contributed by atoms with Gasteiger partial charge in [-0.3, -0.25) is 4.79 Å². The van der Waals surface area contributed by atoms with E-state index >= 15 is 0 Å². The quantitative estimate of drug-likeness (QED) is 0.797. The number of amides is 1. The number of carbonyl (C=O) groups excluding carboxylic acids is 1. The Bertz CT molecular complexity index is 405. The number of thioether (sulfide) groups is 1. The van der Waals surface area contributed by atoms with Crippen molar-refractivity contribution in [2.75, 3.05) is 12.8 Å². The molecule has 0 fully saturated rings. The lowest BCUT2D eigenvalue weighted by Crippen LogP contribution is -2.26. The highest BCUT2D eigenvalue weighted by molar-refractivity contribution is 7.99. The molecule has 1 aromatic heterocycles. The maximum Gasteiger partial charge on any atom is 0.374 e. The molecule has 2 N–H and O–H groups in total. The zero-order chi connectivity index (χ0) is 12.8. The van der Waals surface area contributed by atoms with E-state index in [4.69, 9.17) is 5.11 Å². The minimum Gasteiger partial charge on any atom is -0.475 e. The molecule has 1 amide bonds. The standard InChI is InChI=1S/C10H14N2O4S/c1-6(17-2)3-4-11-9(13)7-5-8(10(14)15)16-12-7/h5-6H,3-4H2,1-2H3,(H,11,13)(H,14,15). The van der Waals surface area contributed by atoms with Gasteiger partial charge in [-0.25, -0.2) is 4.79 Å². The van der Waals surface area contributed by atoms with Gasteiger partial charge in [0, 0.05) is 17.9 Å². The van der Waals surface area contributed by atoms with Gasteiger partial charge >= 0.3 is 5.97 Å². The summed E-state index contributed by atoms with van der Waals surface area (Å²) in [5.74, 6) is -2.00. The minimum atomic E-state index is -1.24. The molecule has 17 heavy (non-hydrogen) atoms. The van der Waals surface area contributed by atoms with Gasteiger partial charge in [0.2, 0.25) is 5.76 Å². The smallest absolute Gasteiger partial charge is 0.374 e. The summed E-state index contributed by atoms with van der Waals surface area (Å²) < 4.78 is 4.48. The summed E-state index contributed by atoms with van der Waals surface area (Å²) in [5.41, 5.74) is -0.0146. The van der Waals surface area contributed by atoms with Crippen LogP contribution in [0.2, 0.25) is 0 Å². The van der Waals surface area contributed by atoms with E-state index in [9.17, 15) is 9.59 Å². The number of nitrogens with zero attached hydrogens (tertiary/aromatic N) is 1. The second-order valence-corrected chi connectivity index (χ2v) is 4.75. The van der Waals surface area contributed by atoms with Crippen molar-refractivity contribution in [1.82, 2.24) is 10.5 Å². The van der Waals surface area contributed by atoms with Gasteiger partial charge in [-0.1, -0.05) is 12.1 Å². The first kappa shape index (κ1) is 13.6. The third-order valence-electron chi connectivity index (χ3n) is 2.19. The number of aromatic carboxylic acids is 1. The molecule has 0 spiro atoms. The summed E-state index contributed by atoms with van der Waals surface area (Å²) in [4.78, 5) is 22.0. The molecule has 94 valence electrons. The van der Waals surface area contributed by atoms with Gasteiger partial charge < -0.3 is 14.9 Å². The van der Waals surface area contributed by atoms with Crippen LogP contribution in [0.1, 0.15) is 34.4 Å². The summed E-state index contributed by atoms with van der Waals surface area (Å²) >= 11 is 1.72. The molecule has 0 bridgehead atoms. The Morgan fingerprint density at radius 1 is 1.65 bits per heavy atom. The second-order valence-electron chi connectivity index (χ2n) is 3.47. The molecule has 0 aliphatic heterocycles. The van der Waals surface area contributed by atoms with Gasteiger partial charge in [-0.2, -0.15) is 11.8 Å². The Morgan fingerprint density at radius 2 is 2.35 bits per heavy atom. The average Bonchev–Trinajstić information content (AvgIpc) is 2.78. The van der Waals surface area contributed by atoms with Gasteiger partial charge in [-0.15, -0.1) is 0 Å². The maximum atomic E-state index is 11.5. The monoisotopic (exact) mass is 258 g/mol. The predicted molar refractivity (Wildman–Crippen MR) is 63.4 cm³/mol. The van der Waals surface area contributed by atoms with Crippen molar-refractivity contribution in [3.8, 4) is 0 Å². The van der Waals surface area contributed by atoms with Crippen LogP contribution in [-0.4, -0.2) is 40.2 Å². The summed E-state index contributed by atoms with van der Waals surface area (Å²) in [6.45, 7) is 2.59. The van der Waals surface area contributed by atoms with Gasteiger partial charge in [0.15, 0.2) is 5.69 Å². The second kappa shape index (κ2) is 6.29. The summed E-state index contributed by atoms with van der Waals surface area (Å²) in [6.07, 6.45) is 2.85. The van der Waals surface area contributed by atoms with E-state index in [0.717, 1.165) is 12.5 Å². The molecule has 1 heterocycles. The van der Waals surface area contributed by atoms with Crippen LogP contribution in [0.3, 0.4) is 0 Å². The highest BCUT2D eigenvalue weighted by Gasteiger charge is 2.16. The van der Waals surface area contributed by atoms with Crippen molar-refractivity contribution in [1.29, 1.82) is 0 Å². The molecule has 1 aromatic rings. The number of carbonyl (C=O) groups is 2. The van der Waals surface area contributed by atoms with E-state index in [1.54, 1.807) is 11.8 Å². The Labute approximate surface area is 103 Å². The molecule has 0 aliphatic rings. The SMILES string of the molecule is CSC(C)CCNC(=O)c1cc(C(=O)O)on1. The van der Waals surface area contributed by atoms with E-state index in [-0.39, 0.29) is 11.5 Å². The number of hydrogen-bond donors (Lipinski definition) is 2. The number of rotatable bonds is 6. The lowest BCUT2D eigenvalue weighted by Gasteiger charge is -2.07. The van der Waals surface area contributed by atoms with Crippen molar-refractivity contribution in [3.63, 3.8) is 0 Å². The van der Waals surface area contributed by atoms with Crippen LogP contribution in [0.4, 0.5) is 0 Å².